The first kappa shape index (κ1) is 15.0. The Kier molecular flexibility index (Phi) is 4.19. The van der Waals surface area contributed by atoms with Crippen molar-refractivity contribution in [2.45, 2.75) is 13.3 Å². The first-order valence-corrected chi connectivity index (χ1v) is 7.28. The van der Waals surface area contributed by atoms with Gasteiger partial charge in [-0.05, 0) is 30.7 Å². The molecule has 2 aromatic carbocycles. The van der Waals surface area contributed by atoms with Gasteiger partial charge in [-0.2, -0.15) is 0 Å². The molecule has 0 radical (unpaired) electrons. The molecule has 0 bridgehead atoms. The van der Waals surface area contributed by atoms with E-state index < -0.39 is 0 Å². The highest BCUT2D eigenvalue weighted by Crippen LogP contribution is 2.15. The lowest BCUT2D eigenvalue weighted by Crippen LogP contribution is -2.18. The van der Waals surface area contributed by atoms with Crippen LogP contribution in [0, 0.1) is 12.7 Å². The molecular formula is C18H16FN3O. The largest absolute Gasteiger partial charge is 0.326 e. The number of hydrogen-bond acceptors (Lipinski definition) is 3. The third kappa shape index (κ3) is 3.63. The molecule has 3 rings (SSSR count). The zero-order valence-electron chi connectivity index (χ0n) is 12.6. The number of anilines is 2. The van der Waals surface area contributed by atoms with Crippen molar-refractivity contribution in [3.05, 3.63) is 87.6 Å². The highest BCUT2D eigenvalue weighted by Gasteiger charge is 2.09. The molecule has 0 atom stereocenters. The molecule has 4 nitrogen and oxygen atoms in total. The van der Waals surface area contributed by atoms with Crippen LogP contribution in [-0.2, 0) is 6.42 Å². The number of nitrogens with one attached hydrogen (secondary N) is 2. The predicted octanol–water partition coefficient (Wildman–Crippen LogP) is 3.55. The van der Waals surface area contributed by atoms with E-state index in [1.165, 1.54) is 12.1 Å². The molecule has 3 aromatic rings. The normalized spacial score (nSPS) is 10.5. The lowest BCUT2D eigenvalue weighted by atomic mass is 10.1. The first-order valence-electron chi connectivity index (χ1n) is 7.28. The molecule has 0 aliphatic carbocycles. The van der Waals surface area contributed by atoms with Gasteiger partial charge in [0.05, 0.1) is 5.69 Å². The highest BCUT2D eigenvalue weighted by atomic mass is 19.1. The summed E-state index contributed by atoms with van der Waals surface area (Å²) in [6, 6.07) is 15.7. The number of aromatic nitrogens is 2. The molecule has 0 spiro atoms. The highest BCUT2D eigenvalue weighted by molar-refractivity contribution is 5.53. The maximum absolute atomic E-state index is 13.2. The number of rotatable bonds is 4. The topological polar surface area (TPSA) is 57.8 Å². The summed E-state index contributed by atoms with van der Waals surface area (Å²) in [6.07, 6.45) is 0.523. The van der Waals surface area contributed by atoms with E-state index in [4.69, 9.17) is 0 Å². The maximum Gasteiger partial charge on any atom is 0.256 e. The Morgan fingerprint density at radius 3 is 2.61 bits per heavy atom. The van der Waals surface area contributed by atoms with Crippen LogP contribution in [0.25, 0.3) is 0 Å². The SMILES string of the molecule is Cc1nc(Nc2cccc(F)c2)[nH]c(=O)c1Cc1ccccc1. The number of aryl methyl sites for hydroxylation is 1. The van der Waals surface area contributed by atoms with Gasteiger partial charge >= 0.3 is 0 Å². The van der Waals surface area contributed by atoms with Gasteiger partial charge in [0.25, 0.3) is 5.56 Å². The van der Waals surface area contributed by atoms with Crippen LogP contribution in [0.15, 0.2) is 59.4 Å². The Labute approximate surface area is 133 Å². The van der Waals surface area contributed by atoms with Crippen molar-refractivity contribution in [3.8, 4) is 0 Å². The van der Waals surface area contributed by atoms with Crippen LogP contribution < -0.4 is 10.9 Å². The number of H-pyrrole nitrogens is 1. The number of nitrogens with zero attached hydrogens (tertiary/aromatic N) is 1. The average molecular weight is 309 g/mol. The molecule has 1 aromatic heterocycles. The fourth-order valence-electron chi connectivity index (χ4n) is 2.38. The van der Waals surface area contributed by atoms with E-state index in [2.05, 4.69) is 15.3 Å². The molecule has 1 heterocycles. The smallest absolute Gasteiger partial charge is 0.256 e. The molecule has 0 unspecified atom stereocenters. The summed E-state index contributed by atoms with van der Waals surface area (Å²) < 4.78 is 13.2. The number of aromatic amines is 1. The van der Waals surface area contributed by atoms with Crippen LogP contribution in [0.2, 0.25) is 0 Å². The quantitative estimate of drug-likeness (QED) is 0.775. The van der Waals surface area contributed by atoms with E-state index >= 15 is 0 Å². The molecule has 116 valence electrons. The van der Waals surface area contributed by atoms with Gasteiger partial charge in [-0.15, -0.1) is 0 Å². The molecule has 0 fully saturated rings. The minimum Gasteiger partial charge on any atom is -0.326 e. The van der Waals surface area contributed by atoms with E-state index in [-0.39, 0.29) is 11.4 Å². The van der Waals surface area contributed by atoms with Crippen LogP contribution in [0.4, 0.5) is 16.0 Å². The van der Waals surface area contributed by atoms with Gasteiger partial charge in [0, 0.05) is 17.7 Å². The minimum absolute atomic E-state index is 0.194. The summed E-state index contributed by atoms with van der Waals surface area (Å²) >= 11 is 0. The lowest BCUT2D eigenvalue weighted by molar-refractivity contribution is 0.628. The van der Waals surface area contributed by atoms with Gasteiger partial charge < -0.3 is 5.32 Å². The molecular weight excluding hydrogens is 293 g/mol. The Bertz CT molecular complexity index is 875. The van der Waals surface area contributed by atoms with Gasteiger partial charge in [0.15, 0.2) is 0 Å². The van der Waals surface area contributed by atoms with Crippen LogP contribution in [0.1, 0.15) is 16.8 Å². The molecule has 23 heavy (non-hydrogen) atoms. The van der Waals surface area contributed by atoms with Crippen molar-refractivity contribution in [1.82, 2.24) is 9.97 Å². The van der Waals surface area contributed by atoms with Gasteiger partial charge in [0.1, 0.15) is 5.82 Å². The van der Waals surface area contributed by atoms with Gasteiger partial charge in [0.2, 0.25) is 5.95 Å². The Morgan fingerprint density at radius 1 is 1.13 bits per heavy atom. The van der Waals surface area contributed by atoms with Crippen molar-refractivity contribution in [2.24, 2.45) is 0 Å². The average Bonchev–Trinajstić information content (AvgIpc) is 2.52. The summed E-state index contributed by atoms with van der Waals surface area (Å²) in [5.41, 5.74) is 2.66. The van der Waals surface area contributed by atoms with Crippen LogP contribution >= 0.6 is 0 Å². The molecule has 0 amide bonds. The maximum atomic E-state index is 13.2. The van der Waals surface area contributed by atoms with Crippen LogP contribution in [0.5, 0.6) is 0 Å². The molecule has 0 aliphatic heterocycles. The Balaban J connectivity index is 1.87. The molecule has 0 aliphatic rings. The second-order valence-electron chi connectivity index (χ2n) is 5.28. The van der Waals surface area contributed by atoms with E-state index in [0.717, 1.165) is 5.56 Å². The number of halogens is 1. The van der Waals surface area contributed by atoms with Crippen molar-refractivity contribution >= 4 is 11.6 Å². The van der Waals surface area contributed by atoms with E-state index in [9.17, 15) is 9.18 Å². The Hall–Kier alpha value is -2.95. The molecule has 0 saturated heterocycles. The zero-order valence-corrected chi connectivity index (χ0v) is 12.6. The monoisotopic (exact) mass is 309 g/mol. The third-order valence-corrected chi connectivity index (χ3v) is 3.53. The third-order valence-electron chi connectivity index (χ3n) is 3.53. The van der Waals surface area contributed by atoms with Crippen molar-refractivity contribution in [3.63, 3.8) is 0 Å². The van der Waals surface area contributed by atoms with Gasteiger partial charge in [-0.25, -0.2) is 9.37 Å². The second kappa shape index (κ2) is 6.44. The first-order chi connectivity index (χ1) is 11.1. The van der Waals surface area contributed by atoms with Crippen molar-refractivity contribution in [2.75, 3.05) is 5.32 Å². The Morgan fingerprint density at radius 2 is 1.91 bits per heavy atom. The van der Waals surface area contributed by atoms with E-state index in [1.807, 2.05) is 30.3 Å². The van der Waals surface area contributed by atoms with Crippen LogP contribution in [-0.4, -0.2) is 9.97 Å². The summed E-state index contributed by atoms with van der Waals surface area (Å²) in [7, 11) is 0. The predicted molar refractivity (Wildman–Crippen MR) is 88.5 cm³/mol. The summed E-state index contributed by atoms with van der Waals surface area (Å²) in [5, 5.41) is 2.91. The molecule has 5 heteroatoms. The van der Waals surface area contributed by atoms with E-state index in [0.29, 0.717) is 29.3 Å². The van der Waals surface area contributed by atoms with Gasteiger partial charge in [-0.3, -0.25) is 9.78 Å². The fourth-order valence-corrected chi connectivity index (χ4v) is 2.38. The van der Waals surface area contributed by atoms with E-state index in [1.54, 1.807) is 19.1 Å². The molecule has 0 saturated carbocycles. The zero-order chi connectivity index (χ0) is 16.2. The fraction of sp³-hybridized carbons (Fsp3) is 0.111. The van der Waals surface area contributed by atoms with Crippen molar-refractivity contribution in [1.29, 1.82) is 0 Å². The minimum atomic E-state index is -0.352. The van der Waals surface area contributed by atoms with Gasteiger partial charge in [-0.1, -0.05) is 36.4 Å². The second-order valence-corrected chi connectivity index (χ2v) is 5.28. The molecule has 2 N–H and O–H groups in total. The summed E-state index contributed by atoms with van der Waals surface area (Å²) in [4.78, 5) is 19.4. The van der Waals surface area contributed by atoms with Crippen molar-refractivity contribution < 1.29 is 4.39 Å². The summed E-state index contributed by atoms with van der Waals surface area (Å²) in [6.45, 7) is 1.80. The summed E-state index contributed by atoms with van der Waals surface area (Å²) in [5.74, 6) is -0.0512. The lowest BCUT2D eigenvalue weighted by Gasteiger charge is -2.09. The van der Waals surface area contributed by atoms with Crippen LogP contribution in [0.3, 0.4) is 0 Å². The number of benzene rings is 2. The standard InChI is InChI=1S/C18H16FN3O/c1-12-16(10-13-6-3-2-4-7-13)17(23)22-18(20-12)21-15-9-5-8-14(19)11-15/h2-9,11H,10H2,1H3,(H2,20,21,22,23). The number of hydrogen-bond donors (Lipinski definition) is 2.